The molecule has 4 aliphatic carbocycles. The average Bonchev–Trinajstić information content (AvgIpc) is 2.58. The molecule has 4 bridgehead atoms. The van der Waals surface area contributed by atoms with E-state index < -0.39 is 24.5 Å². The minimum Gasteiger partial charge on any atom is -0.452 e. The van der Waals surface area contributed by atoms with Crippen LogP contribution in [0, 0.1) is 17.8 Å². The molecule has 0 unspecified atom stereocenters. The molecule has 4 aliphatic rings. The van der Waals surface area contributed by atoms with Gasteiger partial charge in [0.2, 0.25) is 0 Å². The maximum absolute atomic E-state index is 12.3. The molecule has 0 saturated heterocycles. The van der Waals surface area contributed by atoms with Crippen molar-refractivity contribution in [1.82, 2.24) is 15.6 Å². The summed E-state index contributed by atoms with van der Waals surface area (Å²) in [5.74, 6) is 0.729. The molecule has 1 heterocycles. The second-order valence-corrected chi connectivity index (χ2v) is 8.53. The van der Waals surface area contributed by atoms with Crippen LogP contribution in [0.3, 0.4) is 0 Å². The summed E-state index contributed by atoms with van der Waals surface area (Å²) in [7, 11) is 0. The summed E-state index contributed by atoms with van der Waals surface area (Å²) in [6.07, 6.45) is 8.09. The maximum atomic E-state index is 12.3. The number of hydrogen-bond donors (Lipinski definition) is 2. The van der Waals surface area contributed by atoms with E-state index in [2.05, 4.69) is 15.6 Å². The predicted molar refractivity (Wildman–Crippen MR) is 97.1 cm³/mol. The molecule has 0 atom stereocenters. The van der Waals surface area contributed by atoms with E-state index in [1.807, 2.05) is 0 Å². The Kier molecular flexibility index (Phi) is 4.80. The Morgan fingerprint density at radius 2 is 1.74 bits per heavy atom. The molecule has 0 aromatic carbocycles. The third kappa shape index (κ3) is 4.08. The molecule has 2 N–H and O–H groups in total. The summed E-state index contributed by atoms with van der Waals surface area (Å²) in [5.41, 5.74) is 0.00956. The summed E-state index contributed by atoms with van der Waals surface area (Å²) in [4.78, 5) is 39.9. The topological polar surface area (TPSA) is 97.4 Å². The molecule has 144 valence electrons. The largest absolute Gasteiger partial charge is 0.452 e. The highest BCUT2D eigenvalue weighted by molar-refractivity contribution is 6.29. The minimum absolute atomic E-state index is 0.176. The molecule has 3 amide bonds. The number of nitrogens with one attached hydrogen (secondary N) is 2. The zero-order valence-corrected chi connectivity index (χ0v) is 15.6. The van der Waals surface area contributed by atoms with Crippen molar-refractivity contribution in [1.29, 1.82) is 0 Å². The number of hydrogen-bond acceptors (Lipinski definition) is 5. The van der Waals surface area contributed by atoms with Gasteiger partial charge in [-0.3, -0.25) is 10.1 Å². The second kappa shape index (κ2) is 7.11. The monoisotopic (exact) mass is 391 g/mol. The molecule has 7 nitrogen and oxygen atoms in total. The summed E-state index contributed by atoms with van der Waals surface area (Å²) >= 11 is 5.66. The highest BCUT2D eigenvalue weighted by Gasteiger charge is 2.51. The normalized spacial score (nSPS) is 30.6. The van der Waals surface area contributed by atoms with Gasteiger partial charge in [-0.2, -0.15) is 0 Å². The molecular formula is C19H22ClN3O4. The Morgan fingerprint density at radius 3 is 2.30 bits per heavy atom. The molecule has 4 fully saturated rings. The fraction of sp³-hybridized carbons (Fsp3) is 0.579. The van der Waals surface area contributed by atoms with Gasteiger partial charge in [0.25, 0.3) is 5.91 Å². The van der Waals surface area contributed by atoms with Gasteiger partial charge < -0.3 is 10.1 Å². The van der Waals surface area contributed by atoms with Gasteiger partial charge in [-0.05, 0) is 68.4 Å². The van der Waals surface area contributed by atoms with E-state index in [0.29, 0.717) is 17.8 Å². The van der Waals surface area contributed by atoms with Crippen molar-refractivity contribution in [3.05, 3.63) is 29.0 Å². The highest BCUT2D eigenvalue weighted by Crippen LogP contribution is 2.55. The number of carbonyl (C=O) groups excluding carboxylic acids is 3. The number of carbonyl (C=O) groups is 3. The van der Waals surface area contributed by atoms with Crippen molar-refractivity contribution in [2.24, 2.45) is 17.8 Å². The zero-order chi connectivity index (χ0) is 19.0. The maximum Gasteiger partial charge on any atom is 0.340 e. The number of nitrogens with zero attached hydrogens (tertiary/aromatic N) is 1. The summed E-state index contributed by atoms with van der Waals surface area (Å²) < 4.78 is 4.91. The van der Waals surface area contributed by atoms with Crippen LogP contribution in [-0.4, -0.2) is 35.0 Å². The van der Waals surface area contributed by atoms with Gasteiger partial charge in [-0.15, -0.1) is 0 Å². The molecule has 1 aromatic heterocycles. The van der Waals surface area contributed by atoms with Crippen LogP contribution in [0.1, 0.15) is 48.9 Å². The first-order chi connectivity index (χ1) is 12.9. The molecule has 8 heteroatoms. The Labute approximate surface area is 162 Å². The number of halogens is 1. The van der Waals surface area contributed by atoms with Crippen molar-refractivity contribution in [3.63, 3.8) is 0 Å². The van der Waals surface area contributed by atoms with Crippen LogP contribution in [0.15, 0.2) is 18.3 Å². The first kappa shape index (κ1) is 18.2. The number of imide groups is 1. The Balaban J connectivity index is 1.25. The van der Waals surface area contributed by atoms with Crippen LogP contribution in [0.2, 0.25) is 5.15 Å². The number of ether oxygens (including phenoxy) is 1. The lowest BCUT2D eigenvalue weighted by molar-refractivity contribution is -0.123. The van der Waals surface area contributed by atoms with Crippen molar-refractivity contribution < 1.29 is 19.1 Å². The van der Waals surface area contributed by atoms with Crippen molar-refractivity contribution in [3.8, 4) is 0 Å². The Hall–Kier alpha value is -2.15. The molecule has 0 spiro atoms. The van der Waals surface area contributed by atoms with Gasteiger partial charge in [0.15, 0.2) is 6.61 Å². The van der Waals surface area contributed by atoms with E-state index >= 15 is 0 Å². The number of aromatic nitrogens is 1. The van der Waals surface area contributed by atoms with E-state index in [4.69, 9.17) is 16.3 Å². The second-order valence-electron chi connectivity index (χ2n) is 8.15. The average molecular weight is 392 g/mol. The van der Waals surface area contributed by atoms with Gasteiger partial charge >= 0.3 is 12.0 Å². The minimum atomic E-state index is -0.698. The summed E-state index contributed by atoms with van der Waals surface area (Å²) in [6.45, 7) is -0.532. The summed E-state index contributed by atoms with van der Waals surface area (Å²) in [6, 6.07) is 2.40. The van der Waals surface area contributed by atoms with Crippen LogP contribution in [0.4, 0.5) is 4.79 Å². The number of urea groups is 1. The molecule has 27 heavy (non-hydrogen) atoms. The third-order valence-electron chi connectivity index (χ3n) is 5.97. The molecule has 1 aromatic rings. The smallest absolute Gasteiger partial charge is 0.340 e. The van der Waals surface area contributed by atoms with E-state index in [-0.39, 0.29) is 16.3 Å². The van der Waals surface area contributed by atoms with Gasteiger partial charge in [-0.1, -0.05) is 11.6 Å². The SMILES string of the molecule is O=C(COC(=O)c1ccc(Cl)nc1)NC(=O)NC12CC3CC(CC(C3)C1)C2. The summed E-state index contributed by atoms with van der Waals surface area (Å²) in [5, 5.41) is 5.57. The van der Waals surface area contributed by atoms with Crippen LogP contribution >= 0.6 is 11.6 Å². The van der Waals surface area contributed by atoms with Crippen molar-refractivity contribution in [2.75, 3.05) is 6.61 Å². The number of amides is 3. The van der Waals surface area contributed by atoms with Gasteiger partial charge in [0.1, 0.15) is 5.15 Å². The standard InChI is InChI=1S/C19H22ClN3O4/c20-15-2-1-14(9-21-15)17(25)27-10-16(24)22-18(26)23-19-6-11-3-12(7-19)5-13(4-11)8-19/h1-2,9,11-13H,3-8,10H2,(H2,22,23,24,26). The van der Waals surface area contributed by atoms with Crippen LogP contribution < -0.4 is 10.6 Å². The van der Waals surface area contributed by atoms with Crippen LogP contribution in [0.5, 0.6) is 0 Å². The Bertz CT molecular complexity index is 729. The van der Waals surface area contributed by atoms with Crippen molar-refractivity contribution >= 4 is 29.5 Å². The predicted octanol–water partition coefficient (Wildman–Crippen LogP) is 2.69. The lowest BCUT2D eigenvalue weighted by Gasteiger charge is -2.56. The number of rotatable bonds is 4. The zero-order valence-electron chi connectivity index (χ0n) is 14.9. The van der Waals surface area contributed by atoms with Gasteiger partial charge in [0.05, 0.1) is 5.56 Å². The Morgan fingerprint density at radius 1 is 1.11 bits per heavy atom. The lowest BCUT2D eigenvalue weighted by atomic mass is 9.53. The first-order valence-corrected chi connectivity index (χ1v) is 9.69. The number of pyridine rings is 1. The van der Waals surface area contributed by atoms with Crippen molar-refractivity contribution in [2.45, 2.75) is 44.1 Å². The van der Waals surface area contributed by atoms with Crippen LogP contribution in [0.25, 0.3) is 0 Å². The number of esters is 1. The highest BCUT2D eigenvalue weighted by atomic mass is 35.5. The first-order valence-electron chi connectivity index (χ1n) is 9.31. The molecule has 5 rings (SSSR count). The van der Waals surface area contributed by atoms with E-state index in [1.165, 1.54) is 37.6 Å². The fourth-order valence-electron chi connectivity index (χ4n) is 5.41. The van der Waals surface area contributed by atoms with Gasteiger partial charge in [0, 0.05) is 11.7 Å². The van der Waals surface area contributed by atoms with E-state index in [0.717, 1.165) is 19.3 Å². The third-order valence-corrected chi connectivity index (χ3v) is 6.19. The quantitative estimate of drug-likeness (QED) is 0.607. The fourth-order valence-corrected chi connectivity index (χ4v) is 5.52. The molecule has 4 saturated carbocycles. The molecular weight excluding hydrogens is 370 g/mol. The lowest BCUT2D eigenvalue weighted by Crippen LogP contribution is -2.62. The van der Waals surface area contributed by atoms with Gasteiger partial charge in [-0.25, -0.2) is 14.6 Å². The van der Waals surface area contributed by atoms with Crippen LogP contribution in [-0.2, 0) is 9.53 Å². The molecule has 0 radical (unpaired) electrons. The van der Waals surface area contributed by atoms with E-state index in [9.17, 15) is 14.4 Å². The van der Waals surface area contributed by atoms with E-state index in [1.54, 1.807) is 0 Å². The molecule has 0 aliphatic heterocycles.